The van der Waals surface area contributed by atoms with Crippen LogP contribution in [0.15, 0.2) is 42.5 Å². The van der Waals surface area contributed by atoms with E-state index in [0.717, 1.165) is 31.6 Å². The summed E-state index contributed by atoms with van der Waals surface area (Å²) in [7, 11) is 0. The highest BCUT2D eigenvalue weighted by Crippen LogP contribution is 2.23. The zero-order valence-corrected chi connectivity index (χ0v) is 18.5. The quantitative estimate of drug-likeness (QED) is 0.554. The number of nitrogens with zero attached hydrogens (tertiary/aromatic N) is 1. The first-order chi connectivity index (χ1) is 15.5. The van der Waals surface area contributed by atoms with Gasteiger partial charge in [0, 0.05) is 36.4 Å². The summed E-state index contributed by atoms with van der Waals surface area (Å²) >= 11 is 0. The lowest BCUT2D eigenvalue weighted by Crippen LogP contribution is -2.43. The Bertz CT molecular complexity index is 909. The van der Waals surface area contributed by atoms with Crippen molar-refractivity contribution in [2.45, 2.75) is 57.9 Å². The molecule has 1 aliphatic rings. The molecule has 1 heterocycles. The first-order valence-electron chi connectivity index (χ1n) is 11.4. The second-order valence-corrected chi connectivity index (χ2v) is 8.20. The maximum atomic E-state index is 13.8. The van der Waals surface area contributed by atoms with Crippen molar-refractivity contribution >= 4 is 23.2 Å². The fourth-order valence-electron chi connectivity index (χ4n) is 3.94. The molecule has 1 aliphatic heterocycles. The van der Waals surface area contributed by atoms with Crippen molar-refractivity contribution in [1.82, 2.24) is 5.32 Å². The molecule has 0 aliphatic carbocycles. The predicted octanol–water partition coefficient (Wildman–Crippen LogP) is 4.81. The van der Waals surface area contributed by atoms with Crippen molar-refractivity contribution in [3.63, 3.8) is 0 Å². The molecule has 3 rings (SSSR count). The molecule has 1 unspecified atom stereocenters. The second-order valence-electron chi connectivity index (χ2n) is 8.20. The van der Waals surface area contributed by atoms with Gasteiger partial charge in [0.1, 0.15) is 17.7 Å². The molecule has 0 spiro atoms. The van der Waals surface area contributed by atoms with Gasteiger partial charge in [0.25, 0.3) is 0 Å². The van der Waals surface area contributed by atoms with Crippen molar-refractivity contribution in [1.29, 1.82) is 0 Å². The van der Waals surface area contributed by atoms with E-state index in [2.05, 4.69) is 15.5 Å². The molecule has 2 N–H and O–H groups in total. The predicted molar refractivity (Wildman–Crippen MR) is 123 cm³/mol. The van der Waals surface area contributed by atoms with Crippen molar-refractivity contribution in [2.24, 2.45) is 0 Å². The SMILES string of the molecule is CCCCC(NC(=O)CCc1c(F)cccc1F)C(=O)Nc1cccc(N2CCCC2)c1. The lowest BCUT2D eigenvalue weighted by atomic mass is 10.1. The largest absolute Gasteiger partial charge is 0.371 e. The van der Waals surface area contributed by atoms with E-state index < -0.39 is 23.6 Å². The Balaban J connectivity index is 1.60. The van der Waals surface area contributed by atoms with E-state index in [4.69, 9.17) is 0 Å². The normalized spacial score (nSPS) is 14.3. The minimum Gasteiger partial charge on any atom is -0.371 e. The first kappa shape index (κ1) is 23.7. The summed E-state index contributed by atoms with van der Waals surface area (Å²) in [6.45, 7) is 4.03. The standard InChI is InChI=1S/C25H31F2N3O2/c1-2-3-12-23(29-24(31)14-13-20-21(26)10-7-11-22(20)27)25(32)28-18-8-6-9-19(17-18)30-15-4-5-16-30/h6-11,17,23H,2-5,12-16H2,1H3,(H,28,32)(H,29,31). The number of hydrogen-bond acceptors (Lipinski definition) is 3. The van der Waals surface area contributed by atoms with Gasteiger partial charge >= 0.3 is 0 Å². The molecule has 0 aromatic heterocycles. The molecule has 1 atom stereocenters. The van der Waals surface area contributed by atoms with Gasteiger partial charge in [0.15, 0.2) is 0 Å². The summed E-state index contributed by atoms with van der Waals surface area (Å²) in [5, 5.41) is 5.66. The van der Waals surface area contributed by atoms with E-state index >= 15 is 0 Å². The lowest BCUT2D eigenvalue weighted by Gasteiger charge is -2.21. The van der Waals surface area contributed by atoms with Crippen molar-refractivity contribution in [3.05, 3.63) is 59.7 Å². The fourth-order valence-corrected chi connectivity index (χ4v) is 3.94. The van der Waals surface area contributed by atoms with Gasteiger partial charge in [-0.2, -0.15) is 0 Å². The minimum atomic E-state index is -0.705. The van der Waals surface area contributed by atoms with Crippen molar-refractivity contribution in [2.75, 3.05) is 23.3 Å². The van der Waals surface area contributed by atoms with Crippen LogP contribution in [-0.2, 0) is 16.0 Å². The maximum absolute atomic E-state index is 13.8. The molecule has 5 nitrogen and oxygen atoms in total. The van der Waals surface area contributed by atoms with E-state index in [1.54, 1.807) is 0 Å². The Morgan fingerprint density at radius 2 is 1.75 bits per heavy atom. The molecule has 2 amide bonds. The third-order valence-corrected chi connectivity index (χ3v) is 5.75. The summed E-state index contributed by atoms with van der Waals surface area (Å²) in [4.78, 5) is 27.6. The number of benzene rings is 2. The van der Waals surface area contributed by atoms with E-state index in [1.165, 1.54) is 31.0 Å². The topological polar surface area (TPSA) is 61.4 Å². The van der Waals surface area contributed by atoms with Crippen molar-refractivity contribution in [3.8, 4) is 0 Å². The molecule has 0 radical (unpaired) electrons. The molecule has 0 bridgehead atoms. The fraction of sp³-hybridized carbons (Fsp3) is 0.440. The maximum Gasteiger partial charge on any atom is 0.246 e. The van der Waals surface area contributed by atoms with Crippen LogP contribution in [0.2, 0.25) is 0 Å². The van der Waals surface area contributed by atoms with Gasteiger partial charge in [-0.15, -0.1) is 0 Å². The zero-order chi connectivity index (χ0) is 22.9. The third kappa shape index (κ3) is 6.52. The van der Waals surface area contributed by atoms with Crippen LogP contribution in [0.4, 0.5) is 20.2 Å². The summed E-state index contributed by atoms with van der Waals surface area (Å²) in [5.74, 6) is -2.04. The van der Waals surface area contributed by atoms with Crippen LogP contribution in [0.3, 0.4) is 0 Å². The van der Waals surface area contributed by atoms with E-state index in [-0.39, 0.29) is 24.3 Å². The van der Waals surface area contributed by atoms with Crippen LogP contribution in [0, 0.1) is 11.6 Å². The summed E-state index contributed by atoms with van der Waals surface area (Å²) in [5.41, 5.74) is 1.64. The summed E-state index contributed by atoms with van der Waals surface area (Å²) in [6, 6.07) is 10.6. The smallest absolute Gasteiger partial charge is 0.246 e. The molecule has 32 heavy (non-hydrogen) atoms. The molecule has 0 saturated carbocycles. The molecular weight excluding hydrogens is 412 g/mol. The van der Waals surface area contributed by atoms with Crippen LogP contribution >= 0.6 is 0 Å². The van der Waals surface area contributed by atoms with Crippen LogP contribution in [-0.4, -0.2) is 30.9 Å². The number of halogens is 2. The second kappa shape index (κ2) is 11.6. The zero-order valence-electron chi connectivity index (χ0n) is 18.5. The Morgan fingerprint density at radius 3 is 2.44 bits per heavy atom. The number of rotatable bonds is 10. The van der Waals surface area contributed by atoms with Gasteiger partial charge in [0.05, 0.1) is 0 Å². The number of carbonyl (C=O) groups excluding carboxylic acids is 2. The number of carbonyl (C=O) groups is 2. The third-order valence-electron chi connectivity index (χ3n) is 5.75. The van der Waals surface area contributed by atoms with Gasteiger partial charge in [-0.05, 0) is 56.0 Å². The van der Waals surface area contributed by atoms with Crippen LogP contribution in [0.5, 0.6) is 0 Å². The van der Waals surface area contributed by atoms with Crippen LogP contribution < -0.4 is 15.5 Å². The Labute approximate surface area is 188 Å². The van der Waals surface area contributed by atoms with Crippen LogP contribution in [0.25, 0.3) is 0 Å². The van der Waals surface area contributed by atoms with Crippen molar-refractivity contribution < 1.29 is 18.4 Å². The molecule has 1 fully saturated rings. The number of nitrogens with one attached hydrogen (secondary N) is 2. The van der Waals surface area contributed by atoms with Gasteiger partial charge in [-0.3, -0.25) is 9.59 Å². The number of unbranched alkanes of at least 4 members (excludes halogenated alkanes) is 1. The number of hydrogen-bond donors (Lipinski definition) is 2. The van der Waals surface area contributed by atoms with Gasteiger partial charge in [-0.1, -0.05) is 31.9 Å². The molecule has 1 saturated heterocycles. The highest BCUT2D eigenvalue weighted by molar-refractivity contribution is 5.97. The van der Waals surface area contributed by atoms with Gasteiger partial charge in [-0.25, -0.2) is 8.78 Å². The van der Waals surface area contributed by atoms with E-state index in [1.807, 2.05) is 31.2 Å². The highest BCUT2D eigenvalue weighted by atomic mass is 19.1. The summed E-state index contributed by atoms with van der Waals surface area (Å²) in [6.07, 6.45) is 4.31. The molecule has 172 valence electrons. The van der Waals surface area contributed by atoms with E-state index in [0.29, 0.717) is 12.1 Å². The molecular formula is C25H31F2N3O2. The Kier molecular flexibility index (Phi) is 8.59. The number of amides is 2. The minimum absolute atomic E-state index is 0.0651. The number of anilines is 2. The van der Waals surface area contributed by atoms with Gasteiger partial charge in [0.2, 0.25) is 11.8 Å². The van der Waals surface area contributed by atoms with E-state index in [9.17, 15) is 18.4 Å². The van der Waals surface area contributed by atoms with Gasteiger partial charge < -0.3 is 15.5 Å². The average Bonchev–Trinajstić information content (AvgIpc) is 3.31. The Hall–Kier alpha value is -2.96. The molecule has 7 heteroatoms. The lowest BCUT2D eigenvalue weighted by molar-refractivity contribution is -0.126. The summed E-state index contributed by atoms with van der Waals surface area (Å²) < 4.78 is 27.6. The molecule has 2 aromatic carbocycles. The van der Waals surface area contributed by atoms with Crippen LogP contribution in [0.1, 0.15) is 51.0 Å². The monoisotopic (exact) mass is 443 g/mol. The average molecular weight is 444 g/mol. The Morgan fingerprint density at radius 1 is 1.06 bits per heavy atom. The highest BCUT2D eigenvalue weighted by Gasteiger charge is 2.21. The first-order valence-corrected chi connectivity index (χ1v) is 11.4. The molecule has 2 aromatic rings.